The van der Waals surface area contributed by atoms with Gasteiger partial charge in [0.25, 0.3) is 0 Å². The number of pyridine rings is 2. The summed E-state index contributed by atoms with van der Waals surface area (Å²) in [6.07, 6.45) is 2.14. The highest BCUT2D eigenvalue weighted by atomic mass is 15.0. The summed E-state index contributed by atoms with van der Waals surface area (Å²) < 4.78 is 25.7. The smallest absolute Gasteiger partial charge is 0.251 e. The van der Waals surface area contributed by atoms with Gasteiger partial charge in [0.2, 0.25) is 0 Å². The topological polar surface area (TPSA) is 42.5 Å². The monoisotopic (exact) mass is 554 g/mol. The minimum atomic E-state index is -2.30. The van der Waals surface area contributed by atoms with Crippen molar-refractivity contribution in [1.29, 1.82) is 0 Å². The van der Waals surface area contributed by atoms with Gasteiger partial charge in [0.05, 0.1) is 27.7 Å². The Morgan fingerprint density at radius 2 is 1.21 bits per heavy atom. The Labute approximate surface area is 253 Å². The molecule has 8 rings (SSSR count). The molecule has 5 aromatic carbocycles. The van der Waals surface area contributed by atoms with Crippen molar-refractivity contribution in [1.82, 2.24) is 15.0 Å². The van der Waals surface area contributed by atoms with Gasteiger partial charge in [0.1, 0.15) is 11.9 Å². The second-order valence-electron chi connectivity index (χ2n) is 10.6. The molecule has 4 heteroatoms. The second-order valence-corrected chi connectivity index (χ2v) is 10.6. The van der Waals surface area contributed by atoms with Crippen LogP contribution in [0, 0.1) is 6.85 Å². The maximum atomic E-state index is 7.87. The summed E-state index contributed by atoms with van der Waals surface area (Å²) in [6.45, 7) is -2.30. The summed E-state index contributed by atoms with van der Waals surface area (Å²) in [4.78, 5) is 14.7. The molecule has 0 aliphatic rings. The second kappa shape index (κ2) is 10.3. The molecule has 0 amide bonds. The summed E-state index contributed by atoms with van der Waals surface area (Å²) in [5.41, 5.74) is 8.13. The van der Waals surface area contributed by atoms with Crippen molar-refractivity contribution in [3.05, 3.63) is 151 Å². The van der Waals surface area contributed by atoms with Crippen molar-refractivity contribution in [2.24, 2.45) is 0 Å². The molecule has 4 nitrogen and oxygen atoms in total. The van der Waals surface area contributed by atoms with Gasteiger partial charge in [-0.05, 0) is 71.5 Å². The van der Waals surface area contributed by atoms with Gasteiger partial charge in [-0.2, -0.15) is 4.57 Å². The van der Waals surface area contributed by atoms with Crippen molar-refractivity contribution in [2.75, 3.05) is 0 Å². The molecule has 0 atom stereocenters. The van der Waals surface area contributed by atoms with Crippen LogP contribution in [-0.4, -0.2) is 15.0 Å². The van der Waals surface area contributed by atoms with Gasteiger partial charge in [-0.3, -0.25) is 4.98 Å². The molecule has 0 radical (unpaired) electrons. The van der Waals surface area contributed by atoms with Crippen molar-refractivity contribution in [3.63, 3.8) is 0 Å². The minimum absolute atomic E-state index is 0.0602. The third-order valence-corrected chi connectivity index (χ3v) is 7.83. The maximum absolute atomic E-state index is 7.87. The predicted octanol–water partition coefficient (Wildman–Crippen LogP) is 8.92. The average molecular weight is 555 g/mol. The Bertz CT molecular complexity index is 2420. The van der Waals surface area contributed by atoms with E-state index in [0.717, 1.165) is 61.1 Å². The molecule has 0 aliphatic heterocycles. The highest BCUT2D eigenvalue weighted by molar-refractivity contribution is 6.03. The molecule has 8 aromatic rings. The highest BCUT2D eigenvalue weighted by Gasteiger charge is 2.21. The zero-order chi connectivity index (χ0) is 31.3. The van der Waals surface area contributed by atoms with Crippen LogP contribution in [-0.2, 0) is 0 Å². The van der Waals surface area contributed by atoms with Crippen LogP contribution in [0.1, 0.15) is 9.81 Å². The number of hydrogen-bond donors (Lipinski definition) is 0. The molecular weight excluding hydrogens is 524 g/mol. The quantitative estimate of drug-likeness (QED) is 0.161. The first-order valence-corrected chi connectivity index (χ1v) is 14.2. The molecule has 3 heterocycles. The van der Waals surface area contributed by atoms with E-state index < -0.39 is 6.85 Å². The van der Waals surface area contributed by atoms with Crippen LogP contribution >= 0.6 is 0 Å². The third-order valence-electron chi connectivity index (χ3n) is 7.83. The lowest BCUT2D eigenvalue weighted by Gasteiger charge is -2.10. The number of rotatable bonds is 4. The summed E-state index contributed by atoms with van der Waals surface area (Å²) in [7, 11) is 0. The van der Waals surface area contributed by atoms with Gasteiger partial charge in [0.15, 0.2) is 5.52 Å². The molecular formula is C39H27N4+. The Kier molecular flexibility index (Phi) is 5.24. The first-order chi connectivity index (χ1) is 22.4. The zero-order valence-corrected chi connectivity index (χ0v) is 23.1. The first-order valence-electron chi connectivity index (χ1n) is 15.7. The molecule has 0 N–H and O–H groups in total. The van der Waals surface area contributed by atoms with E-state index in [0.29, 0.717) is 11.0 Å². The largest absolute Gasteiger partial charge is 0.336 e. The van der Waals surface area contributed by atoms with Crippen molar-refractivity contribution >= 4 is 32.7 Å². The van der Waals surface area contributed by atoms with Crippen LogP contribution in [0.3, 0.4) is 0 Å². The van der Waals surface area contributed by atoms with Gasteiger partial charge in [-0.1, -0.05) is 91.0 Å². The Morgan fingerprint density at radius 1 is 0.512 bits per heavy atom. The number of para-hydroxylation sites is 1. The molecule has 3 aromatic heterocycles. The fourth-order valence-electron chi connectivity index (χ4n) is 5.68. The van der Waals surface area contributed by atoms with Crippen LogP contribution in [0.5, 0.6) is 0 Å². The lowest BCUT2D eigenvalue weighted by molar-refractivity contribution is -0.585. The number of aromatic nitrogens is 4. The molecule has 202 valence electrons. The molecule has 0 aliphatic carbocycles. The first kappa shape index (κ1) is 21.9. The van der Waals surface area contributed by atoms with E-state index in [-0.39, 0.29) is 5.69 Å². The zero-order valence-electron chi connectivity index (χ0n) is 26.1. The summed E-state index contributed by atoms with van der Waals surface area (Å²) in [6, 6.07) is 46.5. The molecule has 0 saturated heterocycles. The van der Waals surface area contributed by atoms with Crippen LogP contribution in [0.2, 0.25) is 0 Å². The van der Waals surface area contributed by atoms with Gasteiger partial charge in [0, 0.05) is 26.1 Å². The van der Waals surface area contributed by atoms with E-state index in [1.54, 1.807) is 12.1 Å². The average Bonchev–Trinajstić information content (AvgIpc) is 3.10. The summed E-state index contributed by atoms with van der Waals surface area (Å²) in [5, 5.41) is 2.78. The Hall–Kier alpha value is -5.74. The number of aryl methyl sites for hydroxylation is 1. The molecule has 0 fully saturated rings. The third kappa shape index (κ3) is 4.59. The summed E-state index contributed by atoms with van der Waals surface area (Å²) in [5.74, 6) is 0.806. The van der Waals surface area contributed by atoms with Crippen LogP contribution in [0.4, 0.5) is 0 Å². The fourth-order valence-corrected chi connectivity index (χ4v) is 5.68. The lowest BCUT2D eigenvalue weighted by atomic mass is 10.0. The number of benzene rings is 5. The highest BCUT2D eigenvalue weighted by Crippen LogP contribution is 2.29. The van der Waals surface area contributed by atoms with Gasteiger partial charge < -0.3 is 0 Å². The Morgan fingerprint density at radius 3 is 2.09 bits per heavy atom. The van der Waals surface area contributed by atoms with Crippen LogP contribution in [0.15, 0.2) is 146 Å². The van der Waals surface area contributed by atoms with E-state index >= 15 is 0 Å². The number of hydrogen-bond acceptors (Lipinski definition) is 3. The SMILES string of the molecule is [2H]C([2H])([2H])c1ccc2ccc3ccc(-c4cccc(-c5nc6ccccc6c[n+]5-c5cccc(-c6ccccc6)c5)c4)nc3c2n1. The normalized spacial score (nSPS) is 12.7. The van der Waals surface area contributed by atoms with Crippen LogP contribution in [0.25, 0.3) is 72.2 Å². The number of fused-ring (bicyclic) bond motifs is 4. The fraction of sp³-hybridized carbons (Fsp3) is 0.0256. The van der Waals surface area contributed by atoms with Crippen molar-refractivity contribution in [3.8, 4) is 39.5 Å². The molecule has 0 bridgehead atoms. The van der Waals surface area contributed by atoms with Crippen molar-refractivity contribution in [2.45, 2.75) is 6.85 Å². The minimum Gasteiger partial charge on any atom is -0.251 e. The molecule has 0 saturated carbocycles. The molecule has 0 spiro atoms. The van der Waals surface area contributed by atoms with Gasteiger partial charge >= 0.3 is 5.82 Å². The van der Waals surface area contributed by atoms with E-state index in [1.807, 2.05) is 60.7 Å². The number of nitrogens with zero attached hydrogens (tertiary/aromatic N) is 4. The predicted molar refractivity (Wildman–Crippen MR) is 175 cm³/mol. The van der Waals surface area contributed by atoms with E-state index in [1.165, 1.54) is 0 Å². The van der Waals surface area contributed by atoms with Crippen LogP contribution < -0.4 is 4.57 Å². The van der Waals surface area contributed by atoms with Crippen molar-refractivity contribution < 1.29 is 8.68 Å². The molecule has 0 unspecified atom stereocenters. The van der Waals surface area contributed by atoms with E-state index in [9.17, 15) is 0 Å². The standard InChI is InChI=1S/C39H27N4/c1-26-17-18-28-19-20-29-21-22-36(41-38(29)37(28)40-26)31-13-7-14-32(23-31)39-42-35-16-6-5-11-33(35)25-43(39)34-15-8-12-30(24-34)27-9-3-2-4-10-27/h2-25H,1H3/q+1/i1D3. The molecule has 43 heavy (non-hydrogen) atoms. The summed E-state index contributed by atoms with van der Waals surface area (Å²) >= 11 is 0. The van der Waals surface area contributed by atoms with Gasteiger partial charge in [-0.15, -0.1) is 0 Å². The van der Waals surface area contributed by atoms with E-state index in [4.69, 9.17) is 14.1 Å². The Balaban J connectivity index is 1.28. The van der Waals surface area contributed by atoms with E-state index in [2.05, 4.69) is 82.5 Å². The van der Waals surface area contributed by atoms with Gasteiger partial charge in [-0.25, -0.2) is 4.98 Å². The maximum Gasteiger partial charge on any atom is 0.336 e. The lowest BCUT2D eigenvalue weighted by Crippen LogP contribution is -2.34.